The minimum absolute atomic E-state index is 0.257. The van der Waals surface area contributed by atoms with Crippen molar-refractivity contribution in [2.24, 2.45) is 5.73 Å². The van der Waals surface area contributed by atoms with E-state index in [4.69, 9.17) is 5.73 Å². The van der Waals surface area contributed by atoms with Crippen LogP contribution in [0.2, 0.25) is 0 Å². The maximum absolute atomic E-state index is 6.77. The van der Waals surface area contributed by atoms with Crippen LogP contribution in [0.5, 0.6) is 0 Å². The number of nitrogens with zero attached hydrogens (tertiary/aromatic N) is 1. The quantitative estimate of drug-likeness (QED) is 0.884. The Morgan fingerprint density at radius 3 is 2.48 bits per heavy atom. The van der Waals surface area contributed by atoms with Crippen molar-refractivity contribution >= 4 is 15.9 Å². The molecule has 1 aromatic carbocycles. The number of nitrogens with two attached hydrogens (primary N) is 1. The molecule has 1 saturated heterocycles. The van der Waals surface area contributed by atoms with Gasteiger partial charge in [0.25, 0.3) is 0 Å². The van der Waals surface area contributed by atoms with Gasteiger partial charge in [-0.3, -0.25) is 4.90 Å². The fourth-order valence-electron chi connectivity index (χ4n) is 4.36. The van der Waals surface area contributed by atoms with Gasteiger partial charge in [0.15, 0.2) is 0 Å². The number of hydrogen-bond acceptors (Lipinski definition) is 2. The highest BCUT2D eigenvalue weighted by Gasteiger charge is 2.44. The van der Waals surface area contributed by atoms with E-state index in [0.29, 0.717) is 0 Å². The van der Waals surface area contributed by atoms with Crippen LogP contribution in [0.4, 0.5) is 0 Å². The number of likely N-dealkylation sites (tertiary alicyclic amines) is 1. The van der Waals surface area contributed by atoms with Crippen molar-refractivity contribution in [2.75, 3.05) is 13.1 Å². The Labute approximate surface area is 137 Å². The lowest BCUT2D eigenvalue weighted by Crippen LogP contribution is -2.60. The van der Waals surface area contributed by atoms with Crippen molar-refractivity contribution in [1.29, 1.82) is 0 Å². The summed E-state index contributed by atoms with van der Waals surface area (Å²) in [5, 5.41) is 0. The number of halogens is 1. The molecule has 2 aliphatic rings. The zero-order valence-corrected chi connectivity index (χ0v) is 14.4. The average Bonchev–Trinajstić information content (AvgIpc) is 2.99. The van der Waals surface area contributed by atoms with Crippen LogP contribution in [0.3, 0.4) is 0 Å². The summed E-state index contributed by atoms with van der Waals surface area (Å²) in [6.45, 7) is 2.51. The molecular weight excluding hydrogens is 324 g/mol. The van der Waals surface area contributed by atoms with E-state index < -0.39 is 0 Å². The Morgan fingerprint density at radius 2 is 1.81 bits per heavy atom. The summed E-state index contributed by atoms with van der Waals surface area (Å²) in [5.41, 5.74) is 8.40. The van der Waals surface area contributed by atoms with Crippen LogP contribution in [0.15, 0.2) is 28.7 Å². The molecule has 116 valence electrons. The zero-order chi connectivity index (χ0) is 14.7. The molecule has 1 aliphatic heterocycles. The van der Waals surface area contributed by atoms with Gasteiger partial charge in [0.05, 0.1) is 0 Å². The Balaban J connectivity index is 1.76. The zero-order valence-electron chi connectivity index (χ0n) is 12.9. The van der Waals surface area contributed by atoms with Gasteiger partial charge in [-0.05, 0) is 62.9 Å². The SMILES string of the molecule is NC(Cc1cccc(Br)c1)C1(N2CCCCC2)CCCC1. The predicted molar refractivity (Wildman–Crippen MR) is 92.4 cm³/mol. The molecule has 1 aromatic rings. The molecule has 3 rings (SSSR count). The molecule has 0 bridgehead atoms. The molecular formula is C18H27BrN2. The van der Waals surface area contributed by atoms with Gasteiger partial charge >= 0.3 is 0 Å². The van der Waals surface area contributed by atoms with Gasteiger partial charge in [0.2, 0.25) is 0 Å². The van der Waals surface area contributed by atoms with Crippen LogP contribution in [0, 0.1) is 0 Å². The van der Waals surface area contributed by atoms with E-state index in [2.05, 4.69) is 45.1 Å². The largest absolute Gasteiger partial charge is 0.326 e. The molecule has 1 atom stereocenters. The summed E-state index contributed by atoms with van der Waals surface area (Å²) in [4.78, 5) is 2.74. The van der Waals surface area contributed by atoms with Crippen molar-refractivity contribution in [1.82, 2.24) is 4.90 Å². The predicted octanol–water partition coefficient (Wildman–Crippen LogP) is 4.12. The maximum atomic E-state index is 6.77. The minimum atomic E-state index is 0.257. The molecule has 21 heavy (non-hydrogen) atoms. The first-order valence-corrected chi connectivity index (χ1v) is 9.25. The van der Waals surface area contributed by atoms with E-state index in [9.17, 15) is 0 Å². The van der Waals surface area contributed by atoms with Crippen molar-refractivity contribution in [3.63, 3.8) is 0 Å². The molecule has 2 N–H and O–H groups in total. The third kappa shape index (κ3) is 3.35. The fraction of sp³-hybridized carbons (Fsp3) is 0.667. The van der Waals surface area contributed by atoms with Crippen LogP contribution in [0.1, 0.15) is 50.5 Å². The molecule has 0 amide bonds. The average molecular weight is 351 g/mol. The number of benzene rings is 1. The second-order valence-corrected chi connectivity index (χ2v) is 7.71. The maximum Gasteiger partial charge on any atom is 0.0363 e. The van der Waals surface area contributed by atoms with Gasteiger partial charge in [-0.15, -0.1) is 0 Å². The molecule has 0 aromatic heterocycles. The van der Waals surface area contributed by atoms with E-state index >= 15 is 0 Å². The highest BCUT2D eigenvalue weighted by Crippen LogP contribution is 2.40. The van der Waals surface area contributed by atoms with E-state index in [0.717, 1.165) is 10.9 Å². The molecule has 1 saturated carbocycles. The lowest BCUT2D eigenvalue weighted by atomic mass is 9.82. The van der Waals surface area contributed by atoms with E-state index in [1.807, 2.05) is 0 Å². The van der Waals surface area contributed by atoms with Crippen LogP contribution in [0.25, 0.3) is 0 Å². The third-order valence-corrected chi connectivity index (χ3v) is 5.98. The first-order chi connectivity index (χ1) is 10.2. The second kappa shape index (κ2) is 6.80. The van der Waals surface area contributed by atoms with Crippen molar-refractivity contribution < 1.29 is 0 Å². The Kier molecular flexibility index (Phi) is 5.03. The lowest BCUT2D eigenvalue weighted by Gasteiger charge is -2.47. The molecule has 1 heterocycles. The van der Waals surface area contributed by atoms with Crippen molar-refractivity contribution in [3.8, 4) is 0 Å². The minimum Gasteiger partial charge on any atom is -0.326 e. The molecule has 0 spiro atoms. The third-order valence-electron chi connectivity index (χ3n) is 5.49. The highest BCUT2D eigenvalue weighted by atomic mass is 79.9. The topological polar surface area (TPSA) is 29.3 Å². The van der Waals surface area contributed by atoms with Crippen LogP contribution in [-0.2, 0) is 6.42 Å². The number of hydrogen-bond donors (Lipinski definition) is 1. The van der Waals surface area contributed by atoms with E-state index in [1.54, 1.807) is 0 Å². The smallest absolute Gasteiger partial charge is 0.0363 e. The molecule has 0 radical (unpaired) electrons. The Morgan fingerprint density at radius 1 is 1.10 bits per heavy atom. The fourth-order valence-corrected chi connectivity index (χ4v) is 4.80. The number of piperidine rings is 1. The summed E-state index contributed by atoms with van der Waals surface area (Å²) in [6.07, 6.45) is 10.4. The van der Waals surface area contributed by atoms with E-state index in [1.165, 1.54) is 63.6 Å². The Bertz CT molecular complexity index is 462. The first-order valence-electron chi connectivity index (χ1n) is 8.46. The van der Waals surface area contributed by atoms with Gasteiger partial charge in [-0.2, -0.15) is 0 Å². The Hall–Kier alpha value is -0.380. The summed E-state index contributed by atoms with van der Waals surface area (Å²) in [7, 11) is 0. The van der Waals surface area contributed by atoms with Crippen molar-refractivity contribution in [2.45, 2.75) is 62.9 Å². The van der Waals surface area contributed by atoms with Gasteiger partial charge in [-0.25, -0.2) is 0 Å². The van der Waals surface area contributed by atoms with Crippen molar-refractivity contribution in [3.05, 3.63) is 34.3 Å². The molecule has 2 fully saturated rings. The molecule has 1 aliphatic carbocycles. The van der Waals surface area contributed by atoms with Crippen LogP contribution < -0.4 is 5.73 Å². The van der Waals surface area contributed by atoms with Crippen LogP contribution >= 0.6 is 15.9 Å². The van der Waals surface area contributed by atoms with E-state index in [-0.39, 0.29) is 11.6 Å². The number of rotatable bonds is 4. The summed E-state index contributed by atoms with van der Waals surface area (Å²) < 4.78 is 1.16. The van der Waals surface area contributed by atoms with Crippen LogP contribution in [-0.4, -0.2) is 29.6 Å². The molecule has 2 nitrogen and oxygen atoms in total. The highest BCUT2D eigenvalue weighted by molar-refractivity contribution is 9.10. The summed E-state index contributed by atoms with van der Waals surface area (Å²) >= 11 is 3.57. The van der Waals surface area contributed by atoms with Gasteiger partial charge in [0.1, 0.15) is 0 Å². The molecule has 1 unspecified atom stereocenters. The standard InChI is InChI=1S/C18H27BrN2/c19-16-8-6-7-15(13-16)14-17(20)18(9-2-3-10-18)21-11-4-1-5-12-21/h6-8,13,17H,1-5,9-12,14,20H2. The molecule has 3 heteroatoms. The summed E-state index contributed by atoms with van der Waals surface area (Å²) in [6, 6.07) is 8.90. The monoisotopic (exact) mass is 350 g/mol. The lowest BCUT2D eigenvalue weighted by molar-refractivity contribution is 0.0482. The first kappa shape index (κ1) is 15.5. The van der Waals surface area contributed by atoms with Gasteiger partial charge < -0.3 is 5.73 Å². The van der Waals surface area contributed by atoms with Gasteiger partial charge in [-0.1, -0.05) is 47.3 Å². The second-order valence-electron chi connectivity index (χ2n) is 6.80. The van der Waals surface area contributed by atoms with Gasteiger partial charge in [0, 0.05) is 16.1 Å². The normalized spacial score (nSPS) is 24.1. The summed E-state index contributed by atoms with van der Waals surface area (Å²) in [5.74, 6) is 0.